The van der Waals surface area contributed by atoms with Gasteiger partial charge in [-0.15, -0.1) is 0 Å². The van der Waals surface area contributed by atoms with Crippen LogP contribution in [0, 0.1) is 17.6 Å². The number of nitrogens with zero attached hydrogens (tertiary/aromatic N) is 2. The van der Waals surface area contributed by atoms with E-state index in [0.29, 0.717) is 11.3 Å². The first-order valence-electron chi connectivity index (χ1n) is 12.8. The monoisotopic (exact) mass is 525 g/mol. The Morgan fingerprint density at radius 2 is 1.87 bits per heavy atom. The largest absolute Gasteiger partial charge is 0.467 e. The third-order valence-corrected chi connectivity index (χ3v) is 6.87. The summed E-state index contributed by atoms with van der Waals surface area (Å²) in [6.45, 7) is 2.71. The zero-order valence-electron chi connectivity index (χ0n) is 21.4. The van der Waals surface area contributed by atoms with Crippen molar-refractivity contribution in [2.45, 2.75) is 51.4 Å². The fourth-order valence-electron chi connectivity index (χ4n) is 4.84. The Labute approximate surface area is 220 Å². The number of furan rings is 1. The molecule has 1 aliphatic rings. The normalized spacial score (nSPS) is 17.0. The second-order valence-corrected chi connectivity index (χ2v) is 9.86. The number of halogens is 2. The van der Waals surface area contributed by atoms with Gasteiger partial charge in [-0.25, -0.2) is 8.78 Å². The number of aryl methyl sites for hydroxylation is 1. The van der Waals surface area contributed by atoms with E-state index in [1.165, 1.54) is 23.3 Å². The van der Waals surface area contributed by atoms with Crippen LogP contribution < -0.4 is 5.73 Å². The number of rotatable bonds is 11. The molecular weight excluding hydrogens is 492 g/mol. The Morgan fingerprint density at radius 3 is 2.55 bits per heavy atom. The summed E-state index contributed by atoms with van der Waals surface area (Å²) >= 11 is 0. The summed E-state index contributed by atoms with van der Waals surface area (Å²) in [4.78, 5) is 29.5. The van der Waals surface area contributed by atoms with Gasteiger partial charge < -0.3 is 25.1 Å². The zero-order chi connectivity index (χ0) is 27.2. The van der Waals surface area contributed by atoms with E-state index in [4.69, 9.17) is 10.2 Å². The summed E-state index contributed by atoms with van der Waals surface area (Å²) in [7, 11) is 0. The van der Waals surface area contributed by atoms with Crippen LogP contribution in [0.5, 0.6) is 0 Å². The number of likely N-dealkylation sites (tertiary alicyclic amines) is 1. The van der Waals surface area contributed by atoms with Crippen molar-refractivity contribution < 1.29 is 27.9 Å². The SMILES string of the molecule is CCc1cccc(CN(C[C@@H](O)[C@@H](N)Cc2cc(F)cc(F)c2)C(=O)C2CC(=O)N(Cc3ccco3)C2)c1. The fourth-order valence-corrected chi connectivity index (χ4v) is 4.84. The molecular formula is C29H33F2N3O4. The molecule has 2 amide bonds. The minimum atomic E-state index is -1.16. The minimum Gasteiger partial charge on any atom is -0.467 e. The maximum Gasteiger partial charge on any atom is 0.228 e. The molecule has 1 fully saturated rings. The Hall–Kier alpha value is -3.56. The molecule has 1 unspecified atom stereocenters. The van der Waals surface area contributed by atoms with Crippen LogP contribution in [0.2, 0.25) is 0 Å². The molecule has 0 bridgehead atoms. The molecule has 0 spiro atoms. The van der Waals surface area contributed by atoms with Crippen molar-refractivity contribution in [2.24, 2.45) is 11.7 Å². The van der Waals surface area contributed by atoms with Gasteiger partial charge in [0.2, 0.25) is 11.8 Å². The number of aliphatic hydroxyl groups is 1. The fraction of sp³-hybridized carbons (Fsp3) is 0.379. The van der Waals surface area contributed by atoms with Gasteiger partial charge in [-0.1, -0.05) is 31.2 Å². The number of amides is 2. The average molecular weight is 526 g/mol. The molecule has 1 saturated heterocycles. The quantitative estimate of drug-likeness (QED) is 0.400. The van der Waals surface area contributed by atoms with Crippen LogP contribution >= 0.6 is 0 Å². The highest BCUT2D eigenvalue weighted by Crippen LogP contribution is 2.24. The lowest BCUT2D eigenvalue weighted by Crippen LogP contribution is -2.48. The first-order valence-corrected chi connectivity index (χ1v) is 12.8. The number of nitrogens with two attached hydrogens (primary N) is 1. The van der Waals surface area contributed by atoms with E-state index in [0.717, 1.165) is 23.6 Å². The Bertz CT molecular complexity index is 1230. The number of benzene rings is 2. The highest BCUT2D eigenvalue weighted by molar-refractivity contribution is 5.89. The van der Waals surface area contributed by atoms with E-state index in [1.807, 2.05) is 31.2 Å². The highest BCUT2D eigenvalue weighted by Gasteiger charge is 2.37. The number of hydrogen-bond acceptors (Lipinski definition) is 5. The molecule has 0 radical (unpaired) electrons. The molecule has 4 rings (SSSR count). The average Bonchev–Trinajstić information content (AvgIpc) is 3.52. The van der Waals surface area contributed by atoms with E-state index in [9.17, 15) is 23.5 Å². The van der Waals surface area contributed by atoms with Crippen molar-refractivity contribution in [1.82, 2.24) is 9.80 Å². The molecule has 3 atom stereocenters. The summed E-state index contributed by atoms with van der Waals surface area (Å²) < 4.78 is 32.6. The van der Waals surface area contributed by atoms with Crippen LogP contribution in [-0.2, 0) is 35.5 Å². The number of hydrogen-bond donors (Lipinski definition) is 2. The summed E-state index contributed by atoms with van der Waals surface area (Å²) in [6, 6.07) is 13.6. The van der Waals surface area contributed by atoms with Gasteiger partial charge in [0.25, 0.3) is 0 Å². The lowest BCUT2D eigenvalue weighted by atomic mass is 10.00. The number of carbonyl (C=O) groups excluding carboxylic acids is 2. The molecule has 3 N–H and O–H groups in total. The second-order valence-electron chi connectivity index (χ2n) is 9.86. The van der Waals surface area contributed by atoms with Crippen LogP contribution in [0.15, 0.2) is 65.3 Å². The molecule has 2 heterocycles. The van der Waals surface area contributed by atoms with Crippen LogP contribution in [0.3, 0.4) is 0 Å². The van der Waals surface area contributed by atoms with Gasteiger partial charge in [-0.05, 0) is 53.8 Å². The molecule has 202 valence electrons. The van der Waals surface area contributed by atoms with Crippen molar-refractivity contribution in [3.05, 3.63) is 94.9 Å². The van der Waals surface area contributed by atoms with Gasteiger partial charge in [0.15, 0.2) is 0 Å². The predicted molar refractivity (Wildman–Crippen MR) is 138 cm³/mol. The van der Waals surface area contributed by atoms with Crippen molar-refractivity contribution in [3.63, 3.8) is 0 Å². The molecule has 3 aromatic rings. The van der Waals surface area contributed by atoms with E-state index < -0.39 is 29.7 Å². The number of aliphatic hydroxyl groups excluding tert-OH is 1. The molecule has 1 aromatic heterocycles. The Morgan fingerprint density at radius 1 is 1.13 bits per heavy atom. The standard InChI is InChI=1S/C29H33F2N3O4/c1-2-19-5-3-6-20(9-19)15-34(18-27(35)26(32)12-21-10-23(30)14-24(31)11-21)29(37)22-13-28(36)33(16-22)17-25-7-4-8-38-25/h3-11,14,22,26-27,35H,2,12-13,15-18,32H2,1H3/t22?,26-,27+/m0/s1. The van der Waals surface area contributed by atoms with Crippen molar-refractivity contribution in [3.8, 4) is 0 Å². The van der Waals surface area contributed by atoms with Crippen molar-refractivity contribution >= 4 is 11.8 Å². The van der Waals surface area contributed by atoms with Crippen LogP contribution in [0.1, 0.15) is 35.8 Å². The highest BCUT2D eigenvalue weighted by atomic mass is 19.1. The maximum atomic E-state index is 13.7. The van der Waals surface area contributed by atoms with Gasteiger partial charge >= 0.3 is 0 Å². The van der Waals surface area contributed by atoms with Crippen LogP contribution in [-0.4, -0.2) is 52.0 Å². The third-order valence-electron chi connectivity index (χ3n) is 6.87. The number of carbonyl (C=O) groups is 2. The summed E-state index contributed by atoms with van der Waals surface area (Å²) in [6.07, 6.45) is 1.31. The lowest BCUT2D eigenvalue weighted by Gasteiger charge is -2.30. The summed E-state index contributed by atoms with van der Waals surface area (Å²) in [5.41, 5.74) is 8.52. The molecule has 7 nitrogen and oxygen atoms in total. The third kappa shape index (κ3) is 7.05. The van der Waals surface area contributed by atoms with E-state index in [-0.39, 0.29) is 50.8 Å². The lowest BCUT2D eigenvalue weighted by molar-refractivity contribution is -0.138. The van der Waals surface area contributed by atoms with Crippen LogP contribution in [0.25, 0.3) is 0 Å². The van der Waals surface area contributed by atoms with Gasteiger partial charge in [-0.3, -0.25) is 9.59 Å². The Balaban J connectivity index is 1.48. The molecule has 0 saturated carbocycles. The van der Waals surface area contributed by atoms with Gasteiger partial charge in [0.05, 0.1) is 24.8 Å². The van der Waals surface area contributed by atoms with E-state index >= 15 is 0 Å². The van der Waals surface area contributed by atoms with E-state index in [2.05, 4.69) is 0 Å². The van der Waals surface area contributed by atoms with E-state index in [1.54, 1.807) is 17.0 Å². The summed E-state index contributed by atoms with van der Waals surface area (Å²) in [5.74, 6) is -1.79. The maximum absolute atomic E-state index is 13.7. The predicted octanol–water partition coefficient (Wildman–Crippen LogP) is 3.43. The summed E-state index contributed by atoms with van der Waals surface area (Å²) in [5, 5.41) is 10.9. The smallest absolute Gasteiger partial charge is 0.228 e. The Kier molecular flexibility index (Phi) is 8.91. The first-order chi connectivity index (χ1) is 18.2. The zero-order valence-corrected chi connectivity index (χ0v) is 21.4. The van der Waals surface area contributed by atoms with Gasteiger partial charge in [-0.2, -0.15) is 0 Å². The molecule has 9 heteroatoms. The first kappa shape index (κ1) is 27.5. The topological polar surface area (TPSA) is 100 Å². The molecule has 1 aliphatic heterocycles. The molecule has 2 aromatic carbocycles. The van der Waals surface area contributed by atoms with Crippen molar-refractivity contribution in [2.75, 3.05) is 13.1 Å². The second kappa shape index (κ2) is 12.3. The van der Waals surface area contributed by atoms with Gasteiger partial charge in [0.1, 0.15) is 17.4 Å². The molecule has 38 heavy (non-hydrogen) atoms. The minimum absolute atomic E-state index is 0.0298. The van der Waals surface area contributed by atoms with Gasteiger partial charge in [0, 0.05) is 38.2 Å². The molecule has 0 aliphatic carbocycles. The van der Waals surface area contributed by atoms with Crippen LogP contribution in [0.4, 0.5) is 8.78 Å². The van der Waals surface area contributed by atoms with Crippen molar-refractivity contribution in [1.29, 1.82) is 0 Å².